The third-order valence-electron chi connectivity index (χ3n) is 5.92. The van der Waals surface area contributed by atoms with Crippen molar-refractivity contribution in [2.75, 3.05) is 36.5 Å². The topological polar surface area (TPSA) is 106 Å². The average Bonchev–Trinajstić information content (AvgIpc) is 3.26. The van der Waals surface area contributed by atoms with Crippen LogP contribution in [0.15, 0.2) is 70.6 Å². The molecule has 3 heterocycles. The normalized spacial score (nSPS) is 14.0. The molecule has 0 bridgehead atoms. The van der Waals surface area contributed by atoms with Crippen LogP contribution in [0, 0.1) is 5.82 Å². The minimum atomic E-state index is -4.01. The van der Waals surface area contributed by atoms with Gasteiger partial charge >= 0.3 is 216 Å². The van der Waals surface area contributed by atoms with Crippen molar-refractivity contribution in [3.63, 3.8) is 0 Å². The molecule has 1 aliphatic heterocycles. The SMILES string of the molecule is [CH3][Tl][n]1nc(NC(=O)c2ccc(N3CCOCC3)cc2)c2cc(S(=O)(=O)c3cccc(F)c3)cnc21. The maximum absolute atomic E-state index is 13.7. The molecule has 1 aliphatic rings. The van der Waals surface area contributed by atoms with Gasteiger partial charge in [-0.05, 0) is 0 Å². The molecule has 0 radical (unpaired) electrons. The van der Waals surface area contributed by atoms with Crippen LogP contribution in [0.3, 0.4) is 0 Å². The molecule has 9 nitrogen and oxygen atoms in total. The Bertz CT molecular complexity index is 1540. The molecule has 12 heteroatoms. The van der Waals surface area contributed by atoms with Crippen molar-refractivity contribution < 1.29 is 22.3 Å². The summed E-state index contributed by atoms with van der Waals surface area (Å²) in [6, 6.07) is 13.5. The predicted molar refractivity (Wildman–Crippen MR) is 134 cm³/mol. The number of nitrogens with zero attached hydrogens (tertiary/aromatic N) is 4. The number of carbonyl (C=O) groups is 1. The van der Waals surface area contributed by atoms with E-state index in [1.54, 1.807) is 14.6 Å². The van der Waals surface area contributed by atoms with Gasteiger partial charge in [-0.1, -0.05) is 0 Å². The summed E-state index contributed by atoms with van der Waals surface area (Å²) in [5.41, 5.74) is 1.98. The third kappa shape index (κ3) is 4.86. The molecular formula is C24H22FN5O4STl. The van der Waals surface area contributed by atoms with Gasteiger partial charge in [0.2, 0.25) is 0 Å². The quantitative estimate of drug-likeness (QED) is 0.309. The minimum absolute atomic E-state index is 0.100. The predicted octanol–water partition coefficient (Wildman–Crippen LogP) is 3.01. The zero-order valence-electron chi connectivity index (χ0n) is 19.4. The van der Waals surface area contributed by atoms with E-state index in [9.17, 15) is 17.6 Å². The maximum atomic E-state index is 13.7. The first-order valence-electron chi connectivity index (χ1n) is 11.3. The molecule has 0 saturated carbocycles. The number of sulfone groups is 1. The molecule has 183 valence electrons. The van der Waals surface area contributed by atoms with E-state index >= 15 is 0 Å². The fourth-order valence-corrected chi connectivity index (χ4v) is 7.93. The Kier molecular flexibility index (Phi) is 7.03. The van der Waals surface area contributed by atoms with E-state index in [-0.39, 0.29) is 21.5 Å². The first-order valence-corrected chi connectivity index (χ1v) is 19.3. The molecule has 36 heavy (non-hydrogen) atoms. The summed E-state index contributed by atoms with van der Waals surface area (Å²) < 4.78 is 49.1. The molecule has 1 N–H and O–H groups in total. The van der Waals surface area contributed by atoms with E-state index in [2.05, 4.69) is 24.8 Å². The van der Waals surface area contributed by atoms with E-state index < -0.39 is 40.2 Å². The Labute approximate surface area is 219 Å². The summed E-state index contributed by atoms with van der Waals surface area (Å²) in [7, 11) is -4.01. The van der Waals surface area contributed by atoms with Gasteiger partial charge in [-0.3, -0.25) is 0 Å². The Hall–Kier alpha value is -2.91. The first-order chi connectivity index (χ1) is 17.4. The third-order valence-corrected chi connectivity index (χ3v) is 10.9. The van der Waals surface area contributed by atoms with Crippen molar-refractivity contribution in [3.05, 3.63) is 72.2 Å². The Morgan fingerprint density at radius 3 is 2.53 bits per heavy atom. The van der Waals surface area contributed by atoms with Gasteiger partial charge in [-0.25, -0.2) is 0 Å². The Morgan fingerprint density at radius 2 is 1.83 bits per heavy atom. The van der Waals surface area contributed by atoms with Crippen LogP contribution in [0.1, 0.15) is 10.4 Å². The second-order valence-corrected chi connectivity index (χ2v) is 14.0. The molecular weight excluding hydrogens is 678 g/mol. The monoisotopic (exact) mass is 700 g/mol. The molecule has 5 rings (SSSR count). The van der Waals surface area contributed by atoms with E-state index in [0.717, 1.165) is 24.8 Å². The molecule has 1 saturated heterocycles. The second kappa shape index (κ2) is 10.2. The van der Waals surface area contributed by atoms with Gasteiger partial charge < -0.3 is 4.74 Å². The number of fused-ring (bicyclic) bond motifs is 1. The van der Waals surface area contributed by atoms with Crippen LogP contribution >= 0.6 is 0 Å². The number of rotatable bonds is 6. The van der Waals surface area contributed by atoms with Crippen molar-refractivity contribution in [3.8, 4) is 0 Å². The van der Waals surface area contributed by atoms with Gasteiger partial charge in [0, 0.05) is 0 Å². The van der Waals surface area contributed by atoms with Gasteiger partial charge in [0.1, 0.15) is 0 Å². The van der Waals surface area contributed by atoms with E-state index in [1.807, 2.05) is 12.1 Å². The van der Waals surface area contributed by atoms with Crippen molar-refractivity contribution >= 4 is 62.8 Å². The number of aromatic nitrogens is 3. The number of benzene rings is 2. The molecule has 1 amide bonds. The fourth-order valence-electron chi connectivity index (χ4n) is 4.02. The number of pyridine rings is 1. The summed E-state index contributed by atoms with van der Waals surface area (Å²) in [6.45, 7) is 2.94. The first kappa shape index (κ1) is 24.8. The van der Waals surface area contributed by atoms with Gasteiger partial charge in [-0.15, -0.1) is 0 Å². The zero-order valence-corrected chi connectivity index (χ0v) is 24.7. The zero-order chi connectivity index (χ0) is 25.3. The standard InChI is InChI=1S/C23H20FN5O4S.CH3.Tl/c24-16-2-1-3-18(12-16)34(31,32)19-13-20-21(25-14-19)27-28-22(20)26-23(30)15-4-6-17(7-5-15)29-8-10-33-11-9-29;;/h1-7,12-14H,8-11H2,(H2,25,26,27,28,30);1H3;/q;;+1/p-1. The molecule has 2 aromatic carbocycles. The molecule has 0 spiro atoms. The van der Waals surface area contributed by atoms with Crippen molar-refractivity contribution in [1.82, 2.24) is 12.6 Å². The summed E-state index contributed by atoms with van der Waals surface area (Å²) in [5, 5.41) is 7.75. The molecule has 0 aliphatic carbocycles. The van der Waals surface area contributed by atoms with Gasteiger partial charge in [0.25, 0.3) is 0 Å². The summed E-state index contributed by atoms with van der Waals surface area (Å²) in [5.74, 6) is -0.765. The van der Waals surface area contributed by atoms with Gasteiger partial charge in [-0.2, -0.15) is 0 Å². The van der Waals surface area contributed by atoms with Gasteiger partial charge in [0.15, 0.2) is 0 Å². The average molecular weight is 700 g/mol. The second-order valence-electron chi connectivity index (χ2n) is 8.15. The van der Waals surface area contributed by atoms with E-state index in [1.165, 1.54) is 30.5 Å². The van der Waals surface area contributed by atoms with Crippen LogP contribution in [0.4, 0.5) is 15.9 Å². The van der Waals surface area contributed by atoms with Crippen LogP contribution in [0.2, 0.25) is 4.48 Å². The van der Waals surface area contributed by atoms with Crippen molar-refractivity contribution in [2.24, 2.45) is 0 Å². The van der Waals surface area contributed by atoms with Crippen molar-refractivity contribution in [1.29, 1.82) is 0 Å². The van der Waals surface area contributed by atoms with Gasteiger partial charge in [0.05, 0.1) is 0 Å². The van der Waals surface area contributed by atoms with E-state index in [4.69, 9.17) is 4.74 Å². The summed E-state index contributed by atoms with van der Waals surface area (Å²) in [6.07, 6.45) is 1.25. The molecule has 4 aromatic rings. The molecule has 0 unspecified atom stereocenters. The van der Waals surface area contributed by atoms with Crippen LogP contribution in [-0.4, -0.2) is 77.7 Å². The number of ether oxygens (including phenoxy) is 1. The number of carbonyl (C=O) groups excluding carboxylic acids is 1. The number of nitrogens with one attached hydrogen (secondary N) is 1. The van der Waals surface area contributed by atoms with Crippen LogP contribution < -0.4 is 10.2 Å². The van der Waals surface area contributed by atoms with Crippen molar-refractivity contribution in [2.45, 2.75) is 14.3 Å². The Balaban J connectivity index is 1.45. The number of anilines is 2. The number of hydrogen-bond acceptors (Lipinski definition) is 7. The molecule has 2 aromatic heterocycles. The summed E-state index contributed by atoms with van der Waals surface area (Å²) in [4.78, 5) is 19.3. The van der Waals surface area contributed by atoms with Crippen LogP contribution in [0.5, 0.6) is 0 Å². The number of amides is 1. The molecule has 0 atom stereocenters. The summed E-state index contributed by atoms with van der Waals surface area (Å²) >= 11 is -1.50. The number of halogens is 1. The fraction of sp³-hybridized carbons (Fsp3) is 0.208. The molecule has 1 fully saturated rings. The number of morpholine rings is 1. The Morgan fingerprint density at radius 1 is 1.08 bits per heavy atom. The van der Waals surface area contributed by atoms with Crippen LogP contribution in [0.25, 0.3) is 11.0 Å². The van der Waals surface area contributed by atoms with E-state index in [0.29, 0.717) is 29.8 Å². The number of hydrogen-bond donors (Lipinski definition) is 1. The van der Waals surface area contributed by atoms with Crippen LogP contribution in [-0.2, 0) is 14.6 Å².